The molecule has 2 unspecified atom stereocenters. The minimum Gasteiger partial charge on any atom is -0.269 e. The minimum absolute atomic E-state index is 0.679. The summed E-state index contributed by atoms with van der Waals surface area (Å²) in [6, 6.07) is 0. The average Bonchev–Trinajstić information content (AvgIpc) is 2.07. The van der Waals surface area contributed by atoms with Crippen LogP contribution in [-0.4, -0.2) is 6.21 Å². The summed E-state index contributed by atoms with van der Waals surface area (Å²) in [5.41, 5.74) is 3.15. The van der Waals surface area contributed by atoms with Crippen molar-refractivity contribution in [3.63, 3.8) is 0 Å². The van der Waals surface area contributed by atoms with E-state index < -0.39 is 0 Å². The molecule has 2 rings (SSSR count). The van der Waals surface area contributed by atoms with E-state index in [-0.39, 0.29) is 0 Å². The van der Waals surface area contributed by atoms with Crippen molar-refractivity contribution < 1.29 is 0 Å². The van der Waals surface area contributed by atoms with Crippen LogP contribution in [0.25, 0.3) is 0 Å². The Balaban J connectivity index is 2.23. The van der Waals surface area contributed by atoms with Crippen molar-refractivity contribution in [2.45, 2.75) is 26.7 Å². The van der Waals surface area contributed by atoms with Crippen LogP contribution in [0.5, 0.6) is 0 Å². The van der Waals surface area contributed by atoms with Crippen LogP contribution in [0, 0.1) is 11.8 Å². The largest absolute Gasteiger partial charge is 0.269 e. The van der Waals surface area contributed by atoms with Gasteiger partial charge in [-0.1, -0.05) is 17.2 Å². The van der Waals surface area contributed by atoms with E-state index in [1.165, 1.54) is 12.8 Å². The van der Waals surface area contributed by atoms with Crippen LogP contribution < -0.4 is 0 Å². The van der Waals surface area contributed by atoms with Gasteiger partial charge in [-0.2, -0.15) is 0 Å². The Morgan fingerprint density at radius 3 is 2.58 bits per heavy atom. The van der Waals surface area contributed by atoms with E-state index in [1.807, 2.05) is 6.20 Å². The van der Waals surface area contributed by atoms with Crippen molar-refractivity contribution in [3.8, 4) is 0 Å². The number of hydrogen-bond acceptors (Lipinski definition) is 1. The van der Waals surface area contributed by atoms with Crippen LogP contribution in [0.2, 0.25) is 0 Å². The Kier molecular flexibility index (Phi) is 1.87. The highest BCUT2D eigenvalue weighted by Crippen LogP contribution is 2.34. The highest BCUT2D eigenvalue weighted by molar-refractivity contribution is 5.65. The molecule has 1 aliphatic carbocycles. The van der Waals surface area contributed by atoms with Gasteiger partial charge in [0.2, 0.25) is 0 Å². The fourth-order valence-electron chi connectivity index (χ4n) is 2.05. The molecule has 1 nitrogen and oxygen atoms in total. The van der Waals surface area contributed by atoms with Gasteiger partial charge < -0.3 is 0 Å². The molecule has 0 aromatic carbocycles. The van der Waals surface area contributed by atoms with Gasteiger partial charge in [-0.05, 0) is 32.6 Å². The zero-order valence-corrected chi connectivity index (χ0v) is 7.75. The molecule has 64 valence electrons. The number of fused-ring (bicyclic) bond motifs is 1. The molecule has 2 aliphatic rings. The second-order valence-corrected chi connectivity index (χ2v) is 3.94. The fraction of sp³-hybridized carbons (Fsp3) is 0.545. The lowest BCUT2D eigenvalue weighted by Crippen LogP contribution is -2.21. The van der Waals surface area contributed by atoms with Gasteiger partial charge in [0.1, 0.15) is 0 Å². The van der Waals surface area contributed by atoms with E-state index in [9.17, 15) is 0 Å². The third-order valence-electron chi connectivity index (χ3n) is 3.06. The number of nitrogens with zero attached hydrogens (tertiary/aromatic N) is 1. The van der Waals surface area contributed by atoms with Crippen LogP contribution in [0.4, 0.5) is 0 Å². The Morgan fingerprint density at radius 2 is 1.83 bits per heavy atom. The molecule has 2 atom stereocenters. The van der Waals surface area contributed by atoms with Crippen molar-refractivity contribution in [2.24, 2.45) is 16.8 Å². The predicted molar refractivity (Wildman–Crippen MR) is 52.2 cm³/mol. The molecule has 0 spiro atoms. The van der Waals surface area contributed by atoms with Crippen molar-refractivity contribution in [2.75, 3.05) is 0 Å². The maximum absolute atomic E-state index is 4.19. The van der Waals surface area contributed by atoms with Gasteiger partial charge in [0.05, 0.1) is 0 Å². The maximum atomic E-state index is 4.19. The summed E-state index contributed by atoms with van der Waals surface area (Å²) in [5.74, 6) is 1.41. The zero-order valence-electron chi connectivity index (χ0n) is 7.75. The molecule has 0 radical (unpaired) electrons. The average molecular weight is 161 g/mol. The summed E-state index contributed by atoms with van der Waals surface area (Å²) in [6.07, 6.45) is 8.75. The topological polar surface area (TPSA) is 12.4 Å². The molecule has 0 amide bonds. The number of hydrogen-bond donors (Lipinski definition) is 0. The summed E-state index contributed by atoms with van der Waals surface area (Å²) >= 11 is 0. The van der Waals surface area contributed by atoms with E-state index >= 15 is 0 Å². The van der Waals surface area contributed by atoms with Crippen molar-refractivity contribution in [3.05, 3.63) is 23.4 Å². The number of rotatable bonds is 0. The lowest BCUT2D eigenvalue weighted by atomic mass is 9.76. The van der Waals surface area contributed by atoms with Crippen molar-refractivity contribution >= 4 is 6.21 Å². The molecule has 0 aromatic heterocycles. The molecule has 1 aliphatic heterocycles. The Hall–Kier alpha value is -0.850. The first-order chi connectivity index (χ1) is 5.77. The summed E-state index contributed by atoms with van der Waals surface area (Å²) < 4.78 is 0. The first kappa shape index (κ1) is 7.78. The molecule has 0 saturated carbocycles. The van der Waals surface area contributed by atoms with Crippen LogP contribution in [0.3, 0.4) is 0 Å². The molecule has 1 heterocycles. The van der Waals surface area contributed by atoms with Crippen LogP contribution in [-0.2, 0) is 0 Å². The van der Waals surface area contributed by atoms with Gasteiger partial charge in [0.15, 0.2) is 0 Å². The maximum Gasteiger partial charge on any atom is 0.0227 e. The molecule has 12 heavy (non-hydrogen) atoms. The SMILES string of the molecule is CC1=C(C)CC2C=NC=CC2C1. The lowest BCUT2D eigenvalue weighted by Gasteiger charge is -2.29. The normalized spacial score (nSPS) is 33.8. The molecular weight excluding hydrogens is 146 g/mol. The van der Waals surface area contributed by atoms with E-state index in [0.717, 1.165) is 5.92 Å². The van der Waals surface area contributed by atoms with E-state index in [0.29, 0.717) is 5.92 Å². The monoisotopic (exact) mass is 161 g/mol. The summed E-state index contributed by atoms with van der Waals surface area (Å²) in [6.45, 7) is 4.50. The standard InChI is InChI=1S/C11H15N/c1-8-5-10-3-4-12-7-11(10)6-9(8)2/h3-4,7,10-11H,5-6H2,1-2H3. The van der Waals surface area contributed by atoms with Gasteiger partial charge in [0, 0.05) is 18.3 Å². The molecule has 0 N–H and O–H groups in total. The third kappa shape index (κ3) is 1.24. The Bertz CT molecular complexity index is 243. The summed E-state index contributed by atoms with van der Waals surface area (Å²) in [5, 5.41) is 0. The second-order valence-electron chi connectivity index (χ2n) is 3.94. The summed E-state index contributed by atoms with van der Waals surface area (Å²) in [7, 11) is 0. The van der Waals surface area contributed by atoms with E-state index in [1.54, 1.807) is 11.1 Å². The van der Waals surface area contributed by atoms with Crippen LogP contribution in [0.1, 0.15) is 26.7 Å². The Morgan fingerprint density at radius 1 is 1.17 bits per heavy atom. The first-order valence-electron chi connectivity index (χ1n) is 4.62. The quantitative estimate of drug-likeness (QED) is 0.484. The van der Waals surface area contributed by atoms with Gasteiger partial charge >= 0.3 is 0 Å². The van der Waals surface area contributed by atoms with Crippen LogP contribution >= 0.6 is 0 Å². The predicted octanol–water partition coefficient (Wildman–Crippen LogP) is 2.95. The van der Waals surface area contributed by atoms with E-state index in [2.05, 4.69) is 31.1 Å². The number of allylic oxidation sites excluding steroid dienone is 3. The first-order valence-corrected chi connectivity index (χ1v) is 4.62. The van der Waals surface area contributed by atoms with Gasteiger partial charge in [-0.25, -0.2) is 0 Å². The minimum atomic E-state index is 0.679. The third-order valence-corrected chi connectivity index (χ3v) is 3.06. The van der Waals surface area contributed by atoms with Crippen molar-refractivity contribution in [1.82, 2.24) is 0 Å². The molecule has 0 saturated heterocycles. The molecule has 0 aromatic rings. The molecular formula is C11H15N. The van der Waals surface area contributed by atoms with Crippen molar-refractivity contribution in [1.29, 1.82) is 0 Å². The fourth-order valence-corrected chi connectivity index (χ4v) is 2.05. The highest BCUT2D eigenvalue weighted by Gasteiger charge is 2.24. The Labute approximate surface area is 73.9 Å². The molecule has 0 bridgehead atoms. The molecule has 0 fully saturated rings. The zero-order chi connectivity index (χ0) is 8.55. The van der Waals surface area contributed by atoms with Gasteiger partial charge in [-0.15, -0.1) is 0 Å². The summed E-state index contributed by atoms with van der Waals surface area (Å²) in [4.78, 5) is 4.19. The van der Waals surface area contributed by atoms with E-state index in [4.69, 9.17) is 0 Å². The lowest BCUT2D eigenvalue weighted by molar-refractivity contribution is 0.464. The highest BCUT2D eigenvalue weighted by atomic mass is 14.7. The van der Waals surface area contributed by atoms with Gasteiger partial charge in [0.25, 0.3) is 0 Å². The smallest absolute Gasteiger partial charge is 0.0227 e. The number of aliphatic imine (C=N–C) groups is 1. The molecule has 1 heteroatoms. The van der Waals surface area contributed by atoms with Gasteiger partial charge in [-0.3, -0.25) is 4.99 Å². The second kappa shape index (κ2) is 2.89. The van der Waals surface area contributed by atoms with Crippen LogP contribution in [0.15, 0.2) is 28.4 Å².